The maximum Gasteiger partial charge on any atom is 0.246 e. The highest BCUT2D eigenvalue weighted by Crippen LogP contribution is 2.29. The molecule has 0 aromatic rings. The third-order valence-corrected chi connectivity index (χ3v) is 5.44. The number of hydrogen-bond donors (Lipinski definition) is 0. The molecular formula is C15H26N2O3S. The molecule has 0 bridgehead atoms. The molecule has 2 rings (SSSR count). The summed E-state index contributed by atoms with van der Waals surface area (Å²) in [5, 5.41) is 0. The Morgan fingerprint density at radius 2 is 2.00 bits per heavy atom. The Hall–Kier alpha value is -0.910. The topological polar surface area (TPSA) is 57.7 Å². The van der Waals surface area contributed by atoms with Crippen LogP contribution in [0, 0.1) is 0 Å². The van der Waals surface area contributed by atoms with Crippen molar-refractivity contribution in [3.05, 3.63) is 0 Å². The highest BCUT2D eigenvalue weighted by molar-refractivity contribution is 7.84. The molecule has 120 valence electrons. The van der Waals surface area contributed by atoms with E-state index in [0.29, 0.717) is 25.1 Å². The molecule has 2 aliphatic heterocycles. The van der Waals surface area contributed by atoms with Crippen molar-refractivity contribution in [3.63, 3.8) is 0 Å². The molecule has 2 amide bonds. The smallest absolute Gasteiger partial charge is 0.246 e. The Morgan fingerprint density at radius 1 is 1.29 bits per heavy atom. The predicted octanol–water partition coefficient (Wildman–Crippen LogP) is 1.15. The van der Waals surface area contributed by atoms with Gasteiger partial charge in [-0.1, -0.05) is 6.92 Å². The highest BCUT2D eigenvalue weighted by Gasteiger charge is 2.47. The van der Waals surface area contributed by atoms with E-state index in [1.165, 1.54) is 0 Å². The lowest BCUT2D eigenvalue weighted by Crippen LogP contribution is -2.67. The lowest BCUT2D eigenvalue weighted by Gasteiger charge is -2.49. The number of hydrogen-bond acceptors (Lipinski definition) is 3. The van der Waals surface area contributed by atoms with Crippen molar-refractivity contribution >= 4 is 22.6 Å². The first kappa shape index (κ1) is 16.5. The first-order valence-corrected chi connectivity index (χ1v) is 9.62. The van der Waals surface area contributed by atoms with Gasteiger partial charge in [-0.3, -0.25) is 13.8 Å². The lowest BCUT2D eigenvalue weighted by atomic mass is 9.93. The zero-order valence-electron chi connectivity index (χ0n) is 13.2. The van der Waals surface area contributed by atoms with E-state index in [0.717, 1.165) is 19.3 Å². The highest BCUT2D eigenvalue weighted by atomic mass is 32.2. The largest absolute Gasteiger partial charge is 0.329 e. The van der Waals surface area contributed by atoms with Crippen LogP contribution >= 0.6 is 0 Å². The van der Waals surface area contributed by atoms with Gasteiger partial charge in [-0.15, -0.1) is 0 Å². The van der Waals surface area contributed by atoms with E-state index in [2.05, 4.69) is 0 Å². The van der Waals surface area contributed by atoms with Crippen LogP contribution in [0.3, 0.4) is 0 Å². The third kappa shape index (κ3) is 3.30. The Morgan fingerprint density at radius 3 is 2.62 bits per heavy atom. The average molecular weight is 314 g/mol. The zero-order chi connectivity index (χ0) is 15.6. The molecule has 0 saturated carbocycles. The average Bonchev–Trinajstić information content (AvgIpc) is 2.48. The predicted molar refractivity (Wildman–Crippen MR) is 83.3 cm³/mol. The first-order valence-electron chi connectivity index (χ1n) is 7.90. The number of carbonyl (C=O) groups is 2. The molecule has 0 aromatic carbocycles. The number of nitrogens with zero attached hydrogens (tertiary/aromatic N) is 2. The second-order valence-electron chi connectivity index (χ2n) is 6.13. The van der Waals surface area contributed by atoms with Crippen molar-refractivity contribution in [2.45, 2.75) is 64.1 Å². The van der Waals surface area contributed by atoms with Crippen molar-refractivity contribution in [3.8, 4) is 0 Å². The zero-order valence-corrected chi connectivity index (χ0v) is 14.0. The summed E-state index contributed by atoms with van der Waals surface area (Å²) in [6, 6.07) is -0.629. The molecule has 0 aliphatic carbocycles. The number of rotatable bonds is 5. The molecule has 2 fully saturated rings. The molecule has 2 saturated heterocycles. The fraction of sp³-hybridized carbons (Fsp3) is 0.867. The number of amides is 2. The van der Waals surface area contributed by atoms with Gasteiger partial charge in [0.05, 0.1) is 0 Å². The standard InChI is InChI=1S/C15H26N2O3S/c1-4-12-14(18)16-9-6-5-7-13(16)15(19)17(12)11(2)8-10-21(3)20/h11-13H,4-10H2,1-3H3. The summed E-state index contributed by atoms with van der Waals surface area (Å²) in [4.78, 5) is 29.1. The second kappa shape index (κ2) is 6.90. The van der Waals surface area contributed by atoms with Crippen LogP contribution in [0.5, 0.6) is 0 Å². The van der Waals surface area contributed by atoms with Gasteiger partial charge in [0.25, 0.3) is 0 Å². The van der Waals surface area contributed by atoms with Gasteiger partial charge in [-0.2, -0.15) is 0 Å². The number of carbonyl (C=O) groups excluding carboxylic acids is 2. The molecule has 5 nitrogen and oxygen atoms in total. The van der Waals surface area contributed by atoms with E-state index in [1.807, 2.05) is 13.8 Å². The SMILES string of the molecule is CCC1C(=O)N2CCCCC2C(=O)N1C(C)CCS(C)=O. The summed E-state index contributed by atoms with van der Waals surface area (Å²) in [5.41, 5.74) is 0. The van der Waals surface area contributed by atoms with Gasteiger partial charge in [0.1, 0.15) is 12.1 Å². The summed E-state index contributed by atoms with van der Waals surface area (Å²) >= 11 is 0. The molecule has 0 spiro atoms. The van der Waals surface area contributed by atoms with Crippen LogP contribution in [-0.4, -0.2) is 62.5 Å². The molecule has 0 N–H and O–H groups in total. The summed E-state index contributed by atoms with van der Waals surface area (Å²) in [5.74, 6) is 0.769. The van der Waals surface area contributed by atoms with Crippen LogP contribution < -0.4 is 0 Å². The molecule has 21 heavy (non-hydrogen) atoms. The van der Waals surface area contributed by atoms with Gasteiger partial charge >= 0.3 is 0 Å². The van der Waals surface area contributed by atoms with Crippen LogP contribution in [0.25, 0.3) is 0 Å². The minimum atomic E-state index is -0.865. The van der Waals surface area contributed by atoms with Crippen LogP contribution in [0.4, 0.5) is 0 Å². The minimum Gasteiger partial charge on any atom is -0.329 e. The van der Waals surface area contributed by atoms with E-state index < -0.39 is 10.8 Å². The Kier molecular flexibility index (Phi) is 5.41. The Labute approximate surface area is 129 Å². The maximum absolute atomic E-state index is 12.8. The number of fused-ring (bicyclic) bond motifs is 1. The van der Waals surface area contributed by atoms with Gasteiger partial charge < -0.3 is 9.80 Å². The third-order valence-electron chi connectivity index (χ3n) is 4.63. The summed E-state index contributed by atoms with van der Waals surface area (Å²) in [7, 11) is -0.865. The normalized spacial score (nSPS) is 29.3. The molecular weight excluding hydrogens is 288 g/mol. The minimum absolute atomic E-state index is 0.0284. The van der Waals surface area contributed by atoms with Gasteiger partial charge in [0.15, 0.2) is 0 Å². The molecule has 0 aromatic heterocycles. The lowest BCUT2D eigenvalue weighted by molar-refractivity contribution is -0.166. The van der Waals surface area contributed by atoms with E-state index in [-0.39, 0.29) is 29.9 Å². The van der Waals surface area contributed by atoms with Crippen molar-refractivity contribution in [2.75, 3.05) is 18.6 Å². The fourth-order valence-electron chi connectivity index (χ4n) is 3.46. The quantitative estimate of drug-likeness (QED) is 0.765. The van der Waals surface area contributed by atoms with E-state index in [1.54, 1.807) is 16.1 Å². The van der Waals surface area contributed by atoms with E-state index in [9.17, 15) is 13.8 Å². The van der Waals surface area contributed by atoms with Crippen molar-refractivity contribution < 1.29 is 13.8 Å². The molecule has 4 atom stereocenters. The summed E-state index contributed by atoms with van der Waals surface area (Å²) in [6.07, 6.45) is 5.80. The monoisotopic (exact) mass is 314 g/mol. The maximum atomic E-state index is 12.8. The second-order valence-corrected chi connectivity index (χ2v) is 7.68. The Balaban J connectivity index is 2.19. The number of piperazine rings is 1. The fourth-order valence-corrected chi connectivity index (χ4v) is 4.13. The molecule has 4 unspecified atom stereocenters. The van der Waals surface area contributed by atoms with E-state index >= 15 is 0 Å². The van der Waals surface area contributed by atoms with Crippen LogP contribution in [-0.2, 0) is 20.4 Å². The summed E-state index contributed by atoms with van der Waals surface area (Å²) in [6.45, 7) is 4.64. The van der Waals surface area contributed by atoms with Gasteiger partial charge in [0, 0.05) is 35.4 Å². The van der Waals surface area contributed by atoms with Gasteiger partial charge in [-0.05, 0) is 39.0 Å². The first-order chi connectivity index (χ1) is 9.97. The van der Waals surface area contributed by atoms with Gasteiger partial charge in [0.2, 0.25) is 11.8 Å². The Bertz CT molecular complexity index is 441. The van der Waals surface area contributed by atoms with Crippen molar-refractivity contribution in [1.82, 2.24) is 9.80 Å². The van der Waals surface area contributed by atoms with Crippen LogP contribution in [0.1, 0.15) is 46.0 Å². The van der Waals surface area contributed by atoms with Crippen LogP contribution in [0.15, 0.2) is 0 Å². The molecule has 2 heterocycles. The molecule has 0 radical (unpaired) electrons. The van der Waals surface area contributed by atoms with Gasteiger partial charge in [-0.25, -0.2) is 0 Å². The van der Waals surface area contributed by atoms with Crippen LogP contribution in [0.2, 0.25) is 0 Å². The number of piperidine rings is 1. The van der Waals surface area contributed by atoms with E-state index in [4.69, 9.17) is 0 Å². The van der Waals surface area contributed by atoms with Crippen molar-refractivity contribution in [1.29, 1.82) is 0 Å². The summed E-state index contributed by atoms with van der Waals surface area (Å²) < 4.78 is 11.3. The molecule has 6 heteroatoms. The van der Waals surface area contributed by atoms with Crippen molar-refractivity contribution in [2.24, 2.45) is 0 Å². The molecule has 2 aliphatic rings.